The molecule has 7 nitrogen and oxygen atoms in total. The Hall–Kier alpha value is -5.17. The molecular weight excluding hydrogens is 532 g/mol. The van der Waals surface area contributed by atoms with E-state index in [4.69, 9.17) is 18.6 Å². The fraction of sp³-hybridized carbons (Fsp3) is 0.171. The minimum Gasteiger partial charge on any atom is -0.496 e. The molecule has 2 heterocycles. The second-order valence-corrected chi connectivity index (χ2v) is 10.1. The maximum Gasteiger partial charge on any atom is 0.334 e. The molecule has 0 spiro atoms. The van der Waals surface area contributed by atoms with Gasteiger partial charge in [0, 0.05) is 34.3 Å². The molecule has 7 heteroatoms. The number of Topliss-reactive ketones (excluding diaryl/α,β-unsaturated/α-hetero) is 1. The molecule has 0 bridgehead atoms. The van der Waals surface area contributed by atoms with Crippen LogP contribution >= 0.6 is 0 Å². The van der Waals surface area contributed by atoms with Crippen molar-refractivity contribution in [3.63, 3.8) is 0 Å². The Labute approximate surface area is 242 Å². The first kappa shape index (κ1) is 27.0. The van der Waals surface area contributed by atoms with E-state index in [0.717, 1.165) is 28.2 Å². The van der Waals surface area contributed by atoms with Gasteiger partial charge in [-0.1, -0.05) is 54.6 Å². The molecule has 42 heavy (non-hydrogen) atoms. The van der Waals surface area contributed by atoms with Crippen molar-refractivity contribution in [1.82, 2.24) is 0 Å². The molecule has 2 atom stereocenters. The number of aldehydes is 1. The molecule has 1 aromatic heterocycles. The van der Waals surface area contributed by atoms with Crippen molar-refractivity contribution >= 4 is 34.9 Å². The van der Waals surface area contributed by atoms with E-state index < -0.39 is 17.8 Å². The van der Waals surface area contributed by atoms with Crippen LogP contribution in [0.2, 0.25) is 0 Å². The third-order valence-electron chi connectivity index (χ3n) is 7.68. The van der Waals surface area contributed by atoms with Gasteiger partial charge in [-0.3, -0.25) is 9.59 Å². The molecule has 1 aliphatic heterocycles. The highest BCUT2D eigenvalue weighted by atomic mass is 16.5. The fourth-order valence-electron chi connectivity index (χ4n) is 5.78. The van der Waals surface area contributed by atoms with Gasteiger partial charge in [0.05, 0.1) is 19.6 Å². The number of methoxy groups -OCH3 is 1. The van der Waals surface area contributed by atoms with E-state index in [1.807, 2.05) is 43.3 Å². The van der Waals surface area contributed by atoms with Gasteiger partial charge in [0.2, 0.25) is 5.78 Å². The largest absolute Gasteiger partial charge is 0.496 e. The molecular formula is C35H28O7. The zero-order chi connectivity index (χ0) is 29.4. The molecule has 0 amide bonds. The Morgan fingerprint density at radius 1 is 0.976 bits per heavy atom. The van der Waals surface area contributed by atoms with Gasteiger partial charge in [-0.2, -0.15) is 0 Å². The third kappa shape index (κ3) is 4.63. The molecule has 1 fully saturated rings. The zero-order valence-corrected chi connectivity index (χ0v) is 23.4. The lowest BCUT2D eigenvalue weighted by atomic mass is 9.71. The number of carbonyl (C=O) groups excluding carboxylic acids is 3. The summed E-state index contributed by atoms with van der Waals surface area (Å²) < 4.78 is 23.5. The predicted octanol–water partition coefficient (Wildman–Crippen LogP) is 7.04. The first-order valence-corrected chi connectivity index (χ1v) is 13.7. The van der Waals surface area contributed by atoms with Crippen LogP contribution in [0.25, 0.3) is 28.2 Å². The van der Waals surface area contributed by atoms with Gasteiger partial charge >= 0.3 is 5.97 Å². The highest BCUT2D eigenvalue weighted by molar-refractivity contribution is 6.07. The number of hydrogen-bond donors (Lipinski definition) is 0. The molecule has 1 saturated heterocycles. The highest BCUT2D eigenvalue weighted by Crippen LogP contribution is 2.52. The number of fused-ring (bicyclic) bond motifs is 2. The molecule has 0 N–H and O–H groups in total. The van der Waals surface area contributed by atoms with Gasteiger partial charge in [-0.15, -0.1) is 0 Å². The summed E-state index contributed by atoms with van der Waals surface area (Å²) >= 11 is 0. The van der Waals surface area contributed by atoms with Crippen molar-refractivity contribution in [2.75, 3.05) is 13.7 Å². The highest BCUT2D eigenvalue weighted by Gasteiger charge is 2.49. The predicted molar refractivity (Wildman–Crippen MR) is 158 cm³/mol. The van der Waals surface area contributed by atoms with E-state index in [1.165, 1.54) is 0 Å². The van der Waals surface area contributed by atoms with Crippen LogP contribution in [0.4, 0.5) is 0 Å². The normalized spacial score (nSPS) is 19.0. The van der Waals surface area contributed by atoms with E-state index in [2.05, 4.69) is 0 Å². The van der Waals surface area contributed by atoms with Crippen LogP contribution in [0.3, 0.4) is 0 Å². The lowest BCUT2D eigenvalue weighted by molar-refractivity contribution is -0.139. The number of furan rings is 1. The Balaban J connectivity index is 1.44. The van der Waals surface area contributed by atoms with Crippen LogP contribution in [0.1, 0.15) is 41.4 Å². The molecule has 2 aliphatic rings. The first-order chi connectivity index (χ1) is 20.4. The molecule has 4 aromatic rings. The minimum atomic E-state index is -0.801. The summed E-state index contributed by atoms with van der Waals surface area (Å²) in [5.41, 5.74) is 3.15. The van der Waals surface area contributed by atoms with E-state index in [1.54, 1.807) is 62.6 Å². The number of ether oxygens (including phenoxy) is 3. The maximum absolute atomic E-state index is 14.1. The van der Waals surface area contributed by atoms with Crippen molar-refractivity contribution in [2.45, 2.75) is 19.8 Å². The molecule has 2 unspecified atom stereocenters. The van der Waals surface area contributed by atoms with Crippen molar-refractivity contribution in [1.29, 1.82) is 0 Å². The van der Waals surface area contributed by atoms with Crippen molar-refractivity contribution < 1.29 is 33.0 Å². The molecule has 0 radical (unpaired) electrons. The van der Waals surface area contributed by atoms with Gasteiger partial charge < -0.3 is 18.6 Å². The lowest BCUT2D eigenvalue weighted by Crippen LogP contribution is -2.29. The second-order valence-electron chi connectivity index (χ2n) is 10.1. The number of hydrogen-bond acceptors (Lipinski definition) is 7. The quantitative estimate of drug-likeness (QED) is 0.136. The average molecular weight is 561 g/mol. The lowest BCUT2D eigenvalue weighted by Gasteiger charge is -2.30. The van der Waals surface area contributed by atoms with Crippen LogP contribution in [0, 0.1) is 5.92 Å². The number of ketones is 1. The monoisotopic (exact) mass is 560 g/mol. The smallest absolute Gasteiger partial charge is 0.334 e. The van der Waals surface area contributed by atoms with Crippen molar-refractivity contribution in [3.05, 3.63) is 118 Å². The van der Waals surface area contributed by atoms with Crippen LogP contribution in [0.5, 0.6) is 5.75 Å². The molecule has 3 aromatic carbocycles. The molecule has 0 saturated carbocycles. The number of carbonyl (C=O) groups is 3. The van der Waals surface area contributed by atoms with Crippen LogP contribution < -0.4 is 4.74 Å². The van der Waals surface area contributed by atoms with Gasteiger partial charge in [-0.25, -0.2) is 4.79 Å². The van der Waals surface area contributed by atoms with Crippen LogP contribution in [-0.2, 0) is 19.1 Å². The molecule has 6 rings (SSSR count). The van der Waals surface area contributed by atoms with E-state index in [0.29, 0.717) is 39.7 Å². The summed E-state index contributed by atoms with van der Waals surface area (Å²) in [4.78, 5) is 38.5. The average Bonchev–Trinajstić information content (AvgIpc) is 3.60. The summed E-state index contributed by atoms with van der Waals surface area (Å²) in [7, 11) is 1.58. The Morgan fingerprint density at radius 3 is 2.50 bits per heavy atom. The van der Waals surface area contributed by atoms with E-state index >= 15 is 0 Å². The number of esters is 1. The van der Waals surface area contributed by atoms with Crippen LogP contribution in [0.15, 0.2) is 106 Å². The fourth-order valence-corrected chi connectivity index (χ4v) is 5.78. The van der Waals surface area contributed by atoms with Gasteiger partial charge in [0.1, 0.15) is 29.3 Å². The zero-order valence-electron chi connectivity index (χ0n) is 23.4. The van der Waals surface area contributed by atoms with E-state index in [9.17, 15) is 14.4 Å². The van der Waals surface area contributed by atoms with Gasteiger partial charge in [0.15, 0.2) is 5.76 Å². The topological polar surface area (TPSA) is 92.0 Å². The standard InChI is InChI=1S/C35H28O7/c1-4-40-35(38)30-20(2)17-28-32(33(30)31-25-8-6-5-7-22(25)13-15-27(31)39-3)34(37)29(42-28)18-24-14-16-26(41-24)23-11-9-21(19-36)10-12-23/h5-19,32-33H,4H2,1-3H3/b29-18+. The summed E-state index contributed by atoms with van der Waals surface area (Å²) in [5.74, 6) is -0.106. The van der Waals surface area contributed by atoms with Gasteiger partial charge in [-0.05, 0) is 54.5 Å². The van der Waals surface area contributed by atoms with Gasteiger partial charge in [0.25, 0.3) is 0 Å². The number of rotatable bonds is 7. The second kappa shape index (κ2) is 11.0. The molecule has 1 aliphatic carbocycles. The summed E-state index contributed by atoms with van der Waals surface area (Å²) in [6, 6.07) is 22.2. The van der Waals surface area contributed by atoms with E-state index in [-0.39, 0.29) is 18.1 Å². The number of allylic oxidation sites excluding steroid dienone is 4. The Bertz CT molecular complexity index is 1820. The summed E-state index contributed by atoms with van der Waals surface area (Å²) in [6.07, 6.45) is 4.09. The number of benzene rings is 3. The maximum atomic E-state index is 14.1. The van der Waals surface area contributed by atoms with Crippen molar-refractivity contribution in [3.8, 4) is 17.1 Å². The Kier molecular flexibility index (Phi) is 7.08. The van der Waals surface area contributed by atoms with Crippen LogP contribution in [-0.4, -0.2) is 31.8 Å². The summed E-state index contributed by atoms with van der Waals surface area (Å²) in [6.45, 7) is 3.78. The SMILES string of the molecule is CCOC(=O)C1=C(C)C=C2O/C(=C/c3ccc(-c4ccc(C=O)cc4)o3)C(=O)C2C1c1c(OC)ccc2ccccc12. The first-order valence-electron chi connectivity index (χ1n) is 13.7. The summed E-state index contributed by atoms with van der Waals surface area (Å²) in [5, 5.41) is 1.83. The minimum absolute atomic E-state index is 0.116. The Morgan fingerprint density at radius 2 is 1.76 bits per heavy atom. The van der Waals surface area contributed by atoms with Crippen molar-refractivity contribution in [2.24, 2.45) is 5.92 Å². The molecule has 210 valence electrons. The third-order valence-corrected chi connectivity index (χ3v) is 7.68.